The van der Waals surface area contributed by atoms with Crippen molar-refractivity contribution in [2.75, 3.05) is 24.5 Å². The Balaban J connectivity index is 1.91. The van der Waals surface area contributed by atoms with Crippen LogP contribution in [0.25, 0.3) is 0 Å². The second-order valence-electron chi connectivity index (χ2n) is 4.86. The van der Waals surface area contributed by atoms with E-state index in [1.165, 1.54) is 12.8 Å². The lowest BCUT2D eigenvalue weighted by molar-refractivity contribution is -0.117. The molecular formula is C15H19N3O. The first-order valence-corrected chi connectivity index (χ1v) is 6.74. The lowest BCUT2D eigenvalue weighted by atomic mass is 10.2. The zero-order valence-corrected chi connectivity index (χ0v) is 11.0. The number of carbonyl (C=O) groups is 1. The highest BCUT2D eigenvalue weighted by Crippen LogP contribution is 2.27. The summed E-state index contributed by atoms with van der Waals surface area (Å²) in [6, 6.07) is 11.6. The van der Waals surface area contributed by atoms with Crippen LogP contribution in [-0.2, 0) is 4.79 Å². The molecule has 0 bridgehead atoms. The molecule has 0 atom stereocenters. The van der Waals surface area contributed by atoms with Gasteiger partial charge >= 0.3 is 0 Å². The summed E-state index contributed by atoms with van der Waals surface area (Å²) in [4.78, 5) is 13.9. The molecule has 0 unspecified atom stereocenters. The average Bonchev–Trinajstić information content (AvgIpc) is 3.24. The topological polar surface area (TPSA) is 56.1 Å². The van der Waals surface area contributed by atoms with Gasteiger partial charge in [0.2, 0.25) is 5.91 Å². The van der Waals surface area contributed by atoms with Gasteiger partial charge in [0.15, 0.2) is 0 Å². The number of hydrogen-bond acceptors (Lipinski definition) is 3. The third-order valence-corrected chi connectivity index (χ3v) is 3.22. The summed E-state index contributed by atoms with van der Waals surface area (Å²) in [5.41, 5.74) is 0.857. The van der Waals surface area contributed by atoms with E-state index in [0.29, 0.717) is 19.5 Å². The number of rotatable bonds is 7. The van der Waals surface area contributed by atoms with Crippen LogP contribution in [0.5, 0.6) is 0 Å². The molecule has 0 aliphatic heterocycles. The number of hydrogen-bond donors (Lipinski definition) is 1. The van der Waals surface area contributed by atoms with Gasteiger partial charge in [-0.25, -0.2) is 0 Å². The van der Waals surface area contributed by atoms with Crippen molar-refractivity contribution < 1.29 is 4.79 Å². The van der Waals surface area contributed by atoms with Gasteiger partial charge in [-0.2, -0.15) is 5.26 Å². The Morgan fingerprint density at radius 3 is 2.74 bits per heavy atom. The zero-order valence-electron chi connectivity index (χ0n) is 11.0. The number of nitrogens with zero attached hydrogens (tertiary/aromatic N) is 2. The first-order valence-electron chi connectivity index (χ1n) is 6.74. The van der Waals surface area contributed by atoms with Gasteiger partial charge in [0.1, 0.15) is 0 Å². The van der Waals surface area contributed by atoms with E-state index in [0.717, 1.165) is 18.2 Å². The average molecular weight is 257 g/mol. The maximum atomic E-state index is 12.2. The minimum atomic E-state index is 0.0297. The molecular weight excluding hydrogens is 238 g/mol. The largest absolute Gasteiger partial charge is 0.310 e. The highest BCUT2D eigenvalue weighted by molar-refractivity contribution is 5.94. The molecule has 1 saturated carbocycles. The molecule has 4 heteroatoms. The van der Waals surface area contributed by atoms with Crippen LogP contribution < -0.4 is 10.2 Å². The van der Waals surface area contributed by atoms with Crippen molar-refractivity contribution in [3.8, 4) is 6.07 Å². The molecule has 0 aromatic heterocycles. The van der Waals surface area contributed by atoms with E-state index in [1.54, 1.807) is 4.90 Å². The lowest BCUT2D eigenvalue weighted by Gasteiger charge is -2.22. The number of benzene rings is 1. The summed E-state index contributed by atoms with van der Waals surface area (Å²) in [7, 11) is 0. The Labute approximate surface area is 114 Å². The van der Waals surface area contributed by atoms with E-state index in [4.69, 9.17) is 5.26 Å². The summed E-state index contributed by atoms with van der Waals surface area (Å²) in [5, 5.41) is 11.9. The molecule has 1 aliphatic carbocycles. The van der Waals surface area contributed by atoms with Gasteiger partial charge in [-0.3, -0.25) is 4.79 Å². The highest BCUT2D eigenvalue weighted by Gasteiger charge is 2.21. The van der Waals surface area contributed by atoms with E-state index in [2.05, 4.69) is 11.4 Å². The quantitative estimate of drug-likeness (QED) is 0.812. The van der Waals surface area contributed by atoms with Crippen molar-refractivity contribution >= 4 is 11.6 Å². The number of nitrogens with one attached hydrogen (secondary N) is 1. The number of amides is 1. The first-order chi connectivity index (χ1) is 9.31. The lowest BCUT2D eigenvalue weighted by Crippen LogP contribution is -2.39. The molecule has 1 aromatic carbocycles. The molecule has 0 heterocycles. The Bertz CT molecular complexity index is 448. The van der Waals surface area contributed by atoms with Crippen molar-refractivity contribution in [3.63, 3.8) is 0 Å². The summed E-state index contributed by atoms with van der Waals surface area (Å²) in [5.74, 6) is 0.791. The predicted molar refractivity (Wildman–Crippen MR) is 74.6 cm³/mol. The molecule has 1 N–H and O–H groups in total. The molecule has 4 nitrogen and oxygen atoms in total. The minimum absolute atomic E-state index is 0.0297. The van der Waals surface area contributed by atoms with Gasteiger partial charge in [0, 0.05) is 12.2 Å². The molecule has 0 saturated heterocycles. The fourth-order valence-corrected chi connectivity index (χ4v) is 1.97. The molecule has 100 valence electrons. The van der Waals surface area contributed by atoms with Crippen molar-refractivity contribution in [1.82, 2.24) is 5.32 Å². The SMILES string of the molecule is N#CCCN(C(=O)CNCC1CC1)c1ccccc1. The molecule has 1 aromatic rings. The van der Waals surface area contributed by atoms with Gasteiger partial charge in [0.25, 0.3) is 0 Å². The highest BCUT2D eigenvalue weighted by atomic mass is 16.2. The van der Waals surface area contributed by atoms with E-state index in [-0.39, 0.29) is 5.91 Å². The third kappa shape index (κ3) is 4.38. The fraction of sp³-hybridized carbons (Fsp3) is 0.467. The van der Waals surface area contributed by atoms with E-state index < -0.39 is 0 Å². The number of anilines is 1. The van der Waals surface area contributed by atoms with Crippen LogP contribution in [0.15, 0.2) is 30.3 Å². The summed E-state index contributed by atoms with van der Waals surface area (Å²) in [6.07, 6.45) is 2.90. The summed E-state index contributed by atoms with van der Waals surface area (Å²) >= 11 is 0. The fourth-order valence-electron chi connectivity index (χ4n) is 1.97. The van der Waals surface area contributed by atoms with Gasteiger partial charge in [0.05, 0.1) is 19.0 Å². The van der Waals surface area contributed by atoms with Crippen LogP contribution in [-0.4, -0.2) is 25.5 Å². The maximum Gasteiger partial charge on any atom is 0.240 e. The normalized spacial score (nSPS) is 13.8. The molecule has 1 amide bonds. The maximum absolute atomic E-state index is 12.2. The molecule has 1 fully saturated rings. The van der Waals surface area contributed by atoms with Crippen LogP contribution in [0, 0.1) is 17.2 Å². The van der Waals surface area contributed by atoms with Gasteiger partial charge in [-0.15, -0.1) is 0 Å². The summed E-state index contributed by atoms with van der Waals surface area (Å²) in [6.45, 7) is 1.72. The number of para-hydroxylation sites is 1. The van der Waals surface area contributed by atoms with Gasteiger partial charge in [-0.05, 0) is 37.4 Å². The molecule has 19 heavy (non-hydrogen) atoms. The Hall–Kier alpha value is -1.86. The molecule has 0 spiro atoms. The second kappa shape index (κ2) is 6.91. The van der Waals surface area contributed by atoms with Crippen LogP contribution in [0.3, 0.4) is 0 Å². The first kappa shape index (κ1) is 13.6. The predicted octanol–water partition coefficient (Wildman–Crippen LogP) is 1.93. The monoisotopic (exact) mass is 257 g/mol. The van der Waals surface area contributed by atoms with Crippen molar-refractivity contribution in [3.05, 3.63) is 30.3 Å². The standard InChI is InChI=1S/C15H19N3O/c16-9-4-10-18(14-5-2-1-3-6-14)15(19)12-17-11-13-7-8-13/h1-3,5-6,13,17H,4,7-8,10-12H2. The van der Waals surface area contributed by atoms with Gasteiger partial charge < -0.3 is 10.2 Å². The van der Waals surface area contributed by atoms with E-state index in [1.807, 2.05) is 30.3 Å². The Morgan fingerprint density at radius 1 is 1.37 bits per heavy atom. The Kier molecular flexibility index (Phi) is 4.93. The van der Waals surface area contributed by atoms with Crippen LogP contribution >= 0.6 is 0 Å². The second-order valence-corrected chi connectivity index (χ2v) is 4.86. The molecule has 2 rings (SSSR count). The van der Waals surface area contributed by atoms with Crippen LogP contribution in [0.1, 0.15) is 19.3 Å². The molecule has 0 radical (unpaired) electrons. The van der Waals surface area contributed by atoms with Crippen molar-refractivity contribution in [1.29, 1.82) is 5.26 Å². The number of carbonyl (C=O) groups excluding carboxylic acids is 1. The summed E-state index contributed by atoms with van der Waals surface area (Å²) < 4.78 is 0. The van der Waals surface area contributed by atoms with Crippen LogP contribution in [0.4, 0.5) is 5.69 Å². The Morgan fingerprint density at radius 2 is 2.11 bits per heavy atom. The van der Waals surface area contributed by atoms with E-state index >= 15 is 0 Å². The third-order valence-electron chi connectivity index (χ3n) is 3.22. The van der Waals surface area contributed by atoms with E-state index in [9.17, 15) is 4.79 Å². The smallest absolute Gasteiger partial charge is 0.240 e. The van der Waals surface area contributed by atoms with Crippen molar-refractivity contribution in [2.24, 2.45) is 5.92 Å². The minimum Gasteiger partial charge on any atom is -0.310 e. The van der Waals surface area contributed by atoms with Gasteiger partial charge in [-0.1, -0.05) is 18.2 Å². The number of nitriles is 1. The van der Waals surface area contributed by atoms with Crippen LogP contribution in [0.2, 0.25) is 0 Å². The molecule has 1 aliphatic rings. The van der Waals surface area contributed by atoms with Crippen molar-refractivity contribution in [2.45, 2.75) is 19.3 Å². The zero-order chi connectivity index (χ0) is 13.5.